The van der Waals surface area contributed by atoms with Crippen LogP contribution in [0.25, 0.3) is 0 Å². The third kappa shape index (κ3) is 6.12. The molecule has 0 atom stereocenters. The van der Waals surface area contributed by atoms with Crippen LogP contribution in [0.3, 0.4) is 0 Å². The van der Waals surface area contributed by atoms with Crippen LogP contribution in [0, 0.1) is 5.92 Å². The summed E-state index contributed by atoms with van der Waals surface area (Å²) in [7, 11) is 0. The molecule has 1 aliphatic heterocycles. The van der Waals surface area contributed by atoms with Gasteiger partial charge in [-0.1, -0.05) is 12.1 Å². The molecule has 2 aromatic carbocycles. The number of piperidine rings is 1. The first kappa shape index (κ1) is 25.0. The van der Waals surface area contributed by atoms with Crippen molar-refractivity contribution in [3.05, 3.63) is 89.4 Å². The summed E-state index contributed by atoms with van der Waals surface area (Å²) in [4.78, 5) is 38.8. The van der Waals surface area contributed by atoms with Crippen molar-refractivity contribution in [3.8, 4) is 0 Å². The minimum absolute atomic E-state index is 0.119. The van der Waals surface area contributed by atoms with Crippen molar-refractivity contribution < 1.29 is 32.0 Å². The van der Waals surface area contributed by atoms with Crippen LogP contribution in [-0.4, -0.2) is 35.7 Å². The lowest BCUT2D eigenvalue weighted by Gasteiger charge is -2.31. The highest BCUT2D eigenvalue weighted by Crippen LogP contribution is 2.29. The van der Waals surface area contributed by atoms with E-state index in [-0.39, 0.29) is 35.0 Å². The van der Waals surface area contributed by atoms with E-state index in [0.717, 1.165) is 17.7 Å². The molecule has 3 aromatic rings. The SMILES string of the molecule is O=C(Nc1ccc(CNC(=O)C2CCN(C(=O)c3ccc(C(F)(F)F)cc3)CC2)cc1)c1ccco1. The number of anilines is 1. The molecule has 0 bridgehead atoms. The number of carbonyl (C=O) groups excluding carboxylic acids is 3. The molecule has 0 unspecified atom stereocenters. The second-order valence-corrected chi connectivity index (χ2v) is 8.49. The van der Waals surface area contributed by atoms with Gasteiger partial charge in [-0.15, -0.1) is 0 Å². The van der Waals surface area contributed by atoms with Crippen molar-refractivity contribution in [3.63, 3.8) is 0 Å². The molecule has 2 N–H and O–H groups in total. The Morgan fingerprint density at radius 1 is 0.944 bits per heavy atom. The van der Waals surface area contributed by atoms with Crippen molar-refractivity contribution in [1.82, 2.24) is 10.2 Å². The standard InChI is InChI=1S/C26H24F3N3O4/c27-26(28,29)20-7-5-19(6-8-20)25(35)32-13-11-18(12-14-32)23(33)30-16-17-3-9-21(10-4-17)31-24(34)22-2-1-15-36-22/h1-10,15,18H,11-14,16H2,(H,30,33)(H,31,34). The second kappa shape index (κ2) is 10.7. The Balaban J connectivity index is 1.22. The number of hydrogen-bond donors (Lipinski definition) is 2. The van der Waals surface area contributed by atoms with Gasteiger partial charge in [0.15, 0.2) is 5.76 Å². The van der Waals surface area contributed by atoms with Crippen LogP contribution in [0.2, 0.25) is 0 Å². The molecule has 4 rings (SSSR count). The highest BCUT2D eigenvalue weighted by molar-refractivity contribution is 6.02. The molecule has 36 heavy (non-hydrogen) atoms. The van der Waals surface area contributed by atoms with Gasteiger partial charge < -0.3 is 20.0 Å². The van der Waals surface area contributed by atoms with Crippen molar-refractivity contribution in [2.24, 2.45) is 5.92 Å². The van der Waals surface area contributed by atoms with Gasteiger partial charge in [-0.05, 0) is 66.9 Å². The molecule has 0 saturated carbocycles. The average Bonchev–Trinajstić information content (AvgIpc) is 3.43. The number of carbonyl (C=O) groups is 3. The molecule has 0 spiro atoms. The van der Waals surface area contributed by atoms with Crippen LogP contribution in [0.5, 0.6) is 0 Å². The summed E-state index contributed by atoms with van der Waals surface area (Å²) in [5.41, 5.74) is 0.836. The maximum atomic E-state index is 12.7. The van der Waals surface area contributed by atoms with Crippen molar-refractivity contribution >= 4 is 23.4 Å². The van der Waals surface area contributed by atoms with Crippen LogP contribution in [0.1, 0.15) is 44.9 Å². The zero-order chi connectivity index (χ0) is 25.7. The minimum Gasteiger partial charge on any atom is -0.459 e. The van der Waals surface area contributed by atoms with E-state index < -0.39 is 11.7 Å². The highest BCUT2D eigenvalue weighted by Gasteiger charge is 2.31. The number of halogens is 3. The van der Waals surface area contributed by atoms with Gasteiger partial charge in [0.25, 0.3) is 11.8 Å². The van der Waals surface area contributed by atoms with Gasteiger partial charge in [0.2, 0.25) is 5.91 Å². The molecule has 0 aliphatic carbocycles. The van der Waals surface area contributed by atoms with Crippen molar-refractivity contribution in [2.45, 2.75) is 25.6 Å². The molecule has 1 aliphatic rings. The highest BCUT2D eigenvalue weighted by atomic mass is 19.4. The fourth-order valence-corrected chi connectivity index (χ4v) is 3.97. The van der Waals surface area contributed by atoms with Crippen LogP contribution >= 0.6 is 0 Å². The molecule has 10 heteroatoms. The lowest BCUT2D eigenvalue weighted by Crippen LogP contribution is -2.42. The molecule has 0 radical (unpaired) electrons. The van der Waals surface area contributed by atoms with Crippen molar-refractivity contribution in [1.29, 1.82) is 0 Å². The molecule has 1 fully saturated rings. The summed E-state index contributed by atoms with van der Waals surface area (Å²) in [5, 5.41) is 5.62. The summed E-state index contributed by atoms with van der Waals surface area (Å²) < 4.78 is 43.2. The van der Waals surface area contributed by atoms with Crippen LogP contribution < -0.4 is 10.6 Å². The summed E-state index contributed by atoms with van der Waals surface area (Å²) in [6.07, 6.45) is -2.10. The van der Waals surface area contributed by atoms with Crippen LogP contribution in [-0.2, 0) is 17.5 Å². The molecule has 7 nitrogen and oxygen atoms in total. The van der Waals surface area contributed by atoms with E-state index in [1.165, 1.54) is 18.4 Å². The summed E-state index contributed by atoms with van der Waals surface area (Å²) in [6, 6.07) is 14.4. The molecule has 2 heterocycles. The fourth-order valence-electron chi connectivity index (χ4n) is 3.97. The number of benzene rings is 2. The second-order valence-electron chi connectivity index (χ2n) is 8.49. The van der Waals surface area contributed by atoms with Gasteiger partial charge in [0.1, 0.15) is 0 Å². The van der Waals surface area contributed by atoms with Gasteiger partial charge in [-0.25, -0.2) is 0 Å². The van der Waals surface area contributed by atoms with Crippen molar-refractivity contribution in [2.75, 3.05) is 18.4 Å². The Morgan fingerprint density at radius 3 is 2.19 bits per heavy atom. The normalized spacial score (nSPS) is 14.4. The Kier molecular flexibility index (Phi) is 7.42. The number of rotatable bonds is 6. The largest absolute Gasteiger partial charge is 0.459 e. The smallest absolute Gasteiger partial charge is 0.416 e. The first-order valence-electron chi connectivity index (χ1n) is 11.4. The van der Waals surface area contributed by atoms with Gasteiger partial charge >= 0.3 is 6.18 Å². The van der Waals surface area contributed by atoms with E-state index in [1.54, 1.807) is 41.3 Å². The Morgan fingerprint density at radius 2 is 1.61 bits per heavy atom. The molecular formula is C26H24F3N3O4. The topological polar surface area (TPSA) is 91.7 Å². The predicted molar refractivity (Wildman–Crippen MR) is 125 cm³/mol. The summed E-state index contributed by atoms with van der Waals surface area (Å²) in [5.74, 6) is -0.871. The zero-order valence-corrected chi connectivity index (χ0v) is 19.2. The monoisotopic (exact) mass is 499 g/mol. The quantitative estimate of drug-likeness (QED) is 0.514. The third-order valence-electron chi connectivity index (χ3n) is 6.04. The Bertz CT molecular complexity index is 1200. The first-order valence-corrected chi connectivity index (χ1v) is 11.4. The van der Waals surface area contributed by atoms with Gasteiger partial charge in [0.05, 0.1) is 11.8 Å². The van der Waals surface area contributed by atoms with Gasteiger partial charge in [-0.3, -0.25) is 14.4 Å². The van der Waals surface area contributed by atoms with E-state index in [1.807, 2.05) is 0 Å². The van der Waals surface area contributed by atoms with E-state index in [9.17, 15) is 27.6 Å². The third-order valence-corrected chi connectivity index (χ3v) is 6.04. The van der Waals surface area contributed by atoms with Crippen LogP contribution in [0.15, 0.2) is 71.3 Å². The maximum absolute atomic E-state index is 12.7. The molecule has 3 amide bonds. The van der Waals surface area contributed by atoms with E-state index in [2.05, 4.69) is 10.6 Å². The lowest BCUT2D eigenvalue weighted by molar-refractivity contribution is -0.137. The first-order chi connectivity index (χ1) is 17.2. The fraction of sp³-hybridized carbons (Fsp3) is 0.269. The van der Waals surface area contributed by atoms with Gasteiger partial charge in [0, 0.05) is 36.8 Å². The molecule has 1 saturated heterocycles. The summed E-state index contributed by atoms with van der Waals surface area (Å²) >= 11 is 0. The lowest BCUT2D eigenvalue weighted by atomic mass is 9.95. The predicted octanol–water partition coefficient (Wildman–Crippen LogP) is 4.72. The molecular weight excluding hydrogens is 475 g/mol. The maximum Gasteiger partial charge on any atom is 0.416 e. The van der Waals surface area contributed by atoms with Gasteiger partial charge in [-0.2, -0.15) is 13.2 Å². The van der Waals surface area contributed by atoms with E-state index >= 15 is 0 Å². The Hall–Kier alpha value is -4.08. The number of nitrogens with one attached hydrogen (secondary N) is 2. The Labute approximate surface area is 205 Å². The molecule has 188 valence electrons. The number of likely N-dealkylation sites (tertiary alicyclic amines) is 1. The number of furan rings is 1. The van der Waals surface area contributed by atoms with E-state index in [0.29, 0.717) is 38.2 Å². The number of hydrogen-bond acceptors (Lipinski definition) is 4. The number of amides is 3. The molecule has 1 aromatic heterocycles. The average molecular weight is 499 g/mol. The summed E-state index contributed by atoms with van der Waals surface area (Å²) in [6.45, 7) is 1.01. The minimum atomic E-state index is -4.45. The number of alkyl halides is 3. The van der Waals surface area contributed by atoms with Crippen LogP contribution in [0.4, 0.5) is 18.9 Å². The zero-order valence-electron chi connectivity index (χ0n) is 19.2. The number of nitrogens with zero attached hydrogens (tertiary/aromatic N) is 1. The van der Waals surface area contributed by atoms with E-state index in [4.69, 9.17) is 4.42 Å².